The standard InChI is InChI=1S/C18H24N2O/c21-18(19-12-11-14-5-3-6-14)10-4-7-15-13-20-17-9-2-1-8-16(15)17/h1-2,8-9,13-14,20H,3-7,10-12H2,(H,19,21). The SMILES string of the molecule is O=C(CCCc1c[nH]c2ccccc12)NCCC1CCC1. The summed E-state index contributed by atoms with van der Waals surface area (Å²) in [6.45, 7) is 0.858. The second kappa shape index (κ2) is 6.79. The summed E-state index contributed by atoms with van der Waals surface area (Å²) in [7, 11) is 0. The molecular weight excluding hydrogens is 260 g/mol. The lowest BCUT2D eigenvalue weighted by Gasteiger charge is -2.25. The normalized spacial score (nSPS) is 15.0. The molecule has 0 bridgehead atoms. The molecule has 21 heavy (non-hydrogen) atoms. The summed E-state index contributed by atoms with van der Waals surface area (Å²) in [4.78, 5) is 15.1. The topological polar surface area (TPSA) is 44.9 Å². The highest BCUT2D eigenvalue weighted by molar-refractivity contribution is 5.83. The van der Waals surface area contributed by atoms with Crippen LogP contribution < -0.4 is 5.32 Å². The zero-order chi connectivity index (χ0) is 14.5. The van der Waals surface area contributed by atoms with E-state index < -0.39 is 0 Å². The largest absolute Gasteiger partial charge is 0.361 e. The molecule has 1 amide bonds. The first kappa shape index (κ1) is 14.2. The van der Waals surface area contributed by atoms with Crippen LogP contribution in [-0.2, 0) is 11.2 Å². The van der Waals surface area contributed by atoms with Crippen molar-refractivity contribution in [2.45, 2.75) is 44.9 Å². The first-order chi connectivity index (χ1) is 10.3. The van der Waals surface area contributed by atoms with Crippen molar-refractivity contribution in [3.8, 4) is 0 Å². The fraction of sp³-hybridized carbons (Fsp3) is 0.500. The Labute approximate surface area is 126 Å². The fourth-order valence-electron chi connectivity index (χ4n) is 3.06. The minimum atomic E-state index is 0.203. The number of rotatable bonds is 7. The van der Waals surface area contributed by atoms with Gasteiger partial charge in [0.1, 0.15) is 0 Å². The van der Waals surface area contributed by atoms with Crippen molar-refractivity contribution in [2.24, 2.45) is 5.92 Å². The van der Waals surface area contributed by atoms with Crippen molar-refractivity contribution < 1.29 is 4.79 Å². The second-order valence-electron chi connectivity index (χ2n) is 6.15. The highest BCUT2D eigenvalue weighted by Gasteiger charge is 2.16. The van der Waals surface area contributed by atoms with Gasteiger partial charge in [0.15, 0.2) is 0 Å². The fourth-order valence-corrected chi connectivity index (χ4v) is 3.06. The van der Waals surface area contributed by atoms with Gasteiger partial charge in [-0.2, -0.15) is 0 Å². The van der Waals surface area contributed by atoms with Crippen molar-refractivity contribution in [3.63, 3.8) is 0 Å². The molecule has 0 saturated heterocycles. The van der Waals surface area contributed by atoms with Gasteiger partial charge in [-0.25, -0.2) is 0 Å². The van der Waals surface area contributed by atoms with Gasteiger partial charge in [0.2, 0.25) is 5.91 Å². The molecule has 1 aromatic heterocycles. The number of carbonyl (C=O) groups is 1. The summed E-state index contributed by atoms with van der Waals surface area (Å²) in [5, 5.41) is 4.33. The van der Waals surface area contributed by atoms with Gasteiger partial charge >= 0.3 is 0 Å². The highest BCUT2D eigenvalue weighted by Crippen LogP contribution is 2.28. The Morgan fingerprint density at radius 1 is 1.29 bits per heavy atom. The van der Waals surface area contributed by atoms with E-state index in [-0.39, 0.29) is 5.91 Å². The van der Waals surface area contributed by atoms with E-state index in [0.29, 0.717) is 6.42 Å². The maximum absolute atomic E-state index is 11.8. The van der Waals surface area contributed by atoms with Crippen LogP contribution in [0.15, 0.2) is 30.5 Å². The van der Waals surface area contributed by atoms with Crippen LogP contribution in [0.3, 0.4) is 0 Å². The van der Waals surface area contributed by atoms with Gasteiger partial charge in [-0.15, -0.1) is 0 Å². The number of hydrogen-bond acceptors (Lipinski definition) is 1. The number of amides is 1. The van der Waals surface area contributed by atoms with Crippen molar-refractivity contribution in [1.29, 1.82) is 0 Å². The van der Waals surface area contributed by atoms with Crippen molar-refractivity contribution in [3.05, 3.63) is 36.0 Å². The van der Waals surface area contributed by atoms with E-state index in [4.69, 9.17) is 0 Å². The number of benzene rings is 1. The summed E-state index contributed by atoms with van der Waals surface area (Å²) < 4.78 is 0. The van der Waals surface area contributed by atoms with Gasteiger partial charge in [0, 0.05) is 30.1 Å². The van der Waals surface area contributed by atoms with E-state index >= 15 is 0 Å². The van der Waals surface area contributed by atoms with Crippen LogP contribution in [0.4, 0.5) is 0 Å². The second-order valence-corrected chi connectivity index (χ2v) is 6.15. The van der Waals surface area contributed by atoms with Gasteiger partial charge in [-0.1, -0.05) is 37.5 Å². The smallest absolute Gasteiger partial charge is 0.220 e. The number of hydrogen-bond donors (Lipinski definition) is 2. The molecule has 2 aromatic rings. The van der Waals surface area contributed by atoms with E-state index in [1.54, 1.807) is 0 Å². The maximum atomic E-state index is 11.8. The average molecular weight is 284 g/mol. The van der Waals surface area contributed by atoms with Crippen molar-refractivity contribution in [2.75, 3.05) is 6.54 Å². The van der Waals surface area contributed by atoms with Crippen molar-refractivity contribution in [1.82, 2.24) is 10.3 Å². The zero-order valence-corrected chi connectivity index (χ0v) is 12.5. The molecule has 1 aromatic carbocycles. The molecule has 3 heteroatoms. The molecule has 1 aliphatic carbocycles. The summed E-state index contributed by atoms with van der Waals surface area (Å²) in [6, 6.07) is 8.33. The number of aryl methyl sites for hydroxylation is 1. The molecule has 0 radical (unpaired) electrons. The molecule has 112 valence electrons. The monoisotopic (exact) mass is 284 g/mol. The predicted octanol–water partition coefficient (Wildman–Crippen LogP) is 3.80. The Hall–Kier alpha value is -1.77. The molecule has 0 aliphatic heterocycles. The van der Waals surface area contributed by atoms with Crippen LogP contribution in [0.25, 0.3) is 10.9 Å². The Balaban J connectivity index is 1.38. The van der Waals surface area contributed by atoms with Crippen LogP contribution in [0.1, 0.15) is 44.1 Å². The third-order valence-electron chi connectivity index (χ3n) is 4.62. The minimum absolute atomic E-state index is 0.203. The maximum Gasteiger partial charge on any atom is 0.220 e. The highest BCUT2D eigenvalue weighted by atomic mass is 16.1. The first-order valence-electron chi connectivity index (χ1n) is 8.14. The molecule has 0 spiro atoms. The van der Waals surface area contributed by atoms with Gasteiger partial charge in [-0.05, 0) is 36.8 Å². The lowest BCUT2D eigenvalue weighted by Crippen LogP contribution is -2.27. The van der Waals surface area contributed by atoms with E-state index in [2.05, 4.69) is 34.7 Å². The zero-order valence-electron chi connectivity index (χ0n) is 12.5. The number of fused-ring (bicyclic) bond motifs is 1. The van der Waals surface area contributed by atoms with E-state index in [9.17, 15) is 4.79 Å². The molecule has 2 N–H and O–H groups in total. The Bertz CT molecular complexity index is 598. The number of H-pyrrole nitrogens is 1. The third kappa shape index (κ3) is 3.66. The summed E-state index contributed by atoms with van der Waals surface area (Å²) in [6.07, 6.45) is 9.82. The molecular formula is C18H24N2O. The summed E-state index contributed by atoms with van der Waals surface area (Å²) in [5.41, 5.74) is 2.49. The van der Waals surface area contributed by atoms with Crippen molar-refractivity contribution >= 4 is 16.8 Å². The first-order valence-corrected chi connectivity index (χ1v) is 8.14. The number of aromatic nitrogens is 1. The van der Waals surface area contributed by atoms with Crippen LogP contribution >= 0.6 is 0 Å². The quantitative estimate of drug-likeness (QED) is 0.798. The average Bonchev–Trinajstić information content (AvgIpc) is 2.85. The number of para-hydroxylation sites is 1. The van der Waals surface area contributed by atoms with Crippen LogP contribution in [0.2, 0.25) is 0 Å². The summed E-state index contributed by atoms with van der Waals surface area (Å²) >= 11 is 0. The number of carbonyl (C=O) groups excluding carboxylic acids is 1. The van der Waals surface area contributed by atoms with Gasteiger partial charge < -0.3 is 10.3 Å². The van der Waals surface area contributed by atoms with Crippen LogP contribution in [0, 0.1) is 5.92 Å². The van der Waals surface area contributed by atoms with Crippen LogP contribution in [0.5, 0.6) is 0 Å². The molecule has 1 saturated carbocycles. The van der Waals surface area contributed by atoms with Gasteiger partial charge in [0.05, 0.1) is 0 Å². The molecule has 1 aliphatic rings. The molecule has 1 heterocycles. The number of nitrogens with one attached hydrogen (secondary N) is 2. The molecule has 1 fully saturated rings. The van der Waals surface area contributed by atoms with Crippen LogP contribution in [-0.4, -0.2) is 17.4 Å². The van der Waals surface area contributed by atoms with E-state index in [0.717, 1.165) is 31.7 Å². The minimum Gasteiger partial charge on any atom is -0.361 e. The molecule has 0 unspecified atom stereocenters. The lowest BCUT2D eigenvalue weighted by atomic mass is 9.83. The molecule has 0 atom stereocenters. The predicted molar refractivity (Wildman–Crippen MR) is 86.2 cm³/mol. The Morgan fingerprint density at radius 3 is 2.95 bits per heavy atom. The molecule has 3 nitrogen and oxygen atoms in total. The van der Waals surface area contributed by atoms with E-state index in [1.165, 1.54) is 35.7 Å². The lowest BCUT2D eigenvalue weighted by molar-refractivity contribution is -0.121. The van der Waals surface area contributed by atoms with Gasteiger partial charge in [-0.3, -0.25) is 4.79 Å². The molecule has 3 rings (SSSR count). The van der Waals surface area contributed by atoms with E-state index in [1.807, 2.05) is 6.07 Å². The number of aromatic amines is 1. The third-order valence-corrected chi connectivity index (χ3v) is 4.62. The van der Waals surface area contributed by atoms with Gasteiger partial charge in [0.25, 0.3) is 0 Å². The Morgan fingerprint density at radius 2 is 2.14 bits per heavy atom. The Kier molecular flexibility index (Phi) is 4.59. The summed E-state index contributed by atoms with van der Waals surface area (Å²) in [5.74, 6) is 1.07.